The maximum absolute atomic E-state index is 9.63. The van der Waals surface area contributed by atoms with Gasteiger partial charge in [-0.25, -0.2) is 0 Å². The minimum absolute atomic E-state index is 0.366. The fourth-order valence-corrected chi connectivity index (χ4v) is 1.53. The van der Waals surface area contributed by atoms with E-state index < -0.39 is 6.10 Å². The number of hydrogen-bond acceptors (Lipinski definition) is 6. The molecule has 1 aromatic heterocycles. The average Bonchev–Trinajstić information content (AvgIpc) is 2.87. The Morgan fingerprint density at radius 3 is 3.06 bits per heavy atom. The maximum Gasteiger partial charge on any atom is 0.213 e. The normalized spacial score (nSPS) is 12.8. The predicted molar refractivity (Wildman–Crippen MR) is 67.0 cm³/mol. The van der Waals surface area contributed by atoms with Gasteiger partial charge < -0.3 is 19.7 Å². The number of unbranched alkanes of at least 4 members (excludes halogenated alkanes) is 3. The monoisotopic (exact) mass is 257 g/mol. The molecule has 0 radical (unpaired) electrons. The summed E-state index contributed by atoms with van der Waals surface area (Å²) in [6, 6.07) is 0. The van der Waals surface area contributed by atoms with Crippen molar-refractivity contribution < 1.29 is 14.4 Å². The van der Waals surface area contributed by atoms with Crippen molar-refractivity contribution in [3.63, 3.8) is 0 Å². The van der Waals surface area contributed by atoms with Gasteiger partial charge in [0.05, 0.1) is 19.3 Å². The predicted octanol–water partition coefficient (Wildman–Crippen LogP) is 1.12. The van der Waals surface area contributed by atoms with Crippen molar-refractivity contribution in [2.75, 3.05) is 19.8 Å². The summed E-state index contributed by atoms with van der Waals surface area (Å²) in [6.07, 6.45) is 5.52. The number of aliphatic hydroxyl groups is 1. The quantitative estimate of drug-likeness (QED) is 0.578. The van der Waals surface area contributed by atoms with Gasteiger partial charge in [0.2, 0.25) is 6.39 Å². The highest BCUT2D eigenvalue weighted by atomic mass is 16.5. The van der Waals surface area contributed by atoms with Crippen LogP contribution in [0.2, 0.25) is 0 Å². The van der Waals surface area contributed by atoms with Gasteiger partial charge in [-0.15, -0.1) is 0 Å². The molecule has 6 nitrogen and oxygen atoms in total. The lowest BCUT2D eigenvalue weighted by Crippen LogP contribution is -2.30. The molecule has 18 heavy (non-hydrogen) atoms. The van der Waals surface area contributed by atoms with Crippen molar-refractivity contribution in [3.05, 3.63) is 12.2 Å². The molecule has 0 spiro atoms. The van der Waals surface area contributed by atoms with Crippen LogP contribution in [0.3, 0.4) is 0 Å². The summed E-state index contributed by atoms with van der Waals surface area (Å²) in [6.45, 7) is 4.22. The Morgan fingerprint density at radius 2 is 2.33 bits per heavy atom. The van der Waals surface area contributed by atoms with Gasteiger partial charge in [0.25, 0.3) is 0 Å². The molecule has 6 heteroatoms. The Kier molecular flexibility index (Phi) is 8.37. The summed E-state index contributed by atoms with van der Waals surface area (Å²) in [5.74, 6) is 0.586. The van der Waals surface area contributed by atoms with Gasteiger partial charge >= 0.3 is 0 Å². The number of aromatic nitrogens is 2. The van der Waals surface area contributed by atoms with Crippen LogP contribution in [0, 0.1) is 0 Å². The zero-order valence-corrected chi connectivity index (χ0v) is 11.0. The van der Waals surface area contributed by atoms with Crippen LogP contribution in [0.25, 0.3) is 0 Å². The molecule has 1 heterocycles. The van der Waals surface area contributed by atoms with E-state index in [0.717, 1.165) is 13.0 Å². The minimum atomic E-state index is -0.497. The Bertz CT molecular complexity index is 280. The largest absolute Gasteiger partial charge is 0.389 e. The number of ether oxygens (including phenoxy) is 1. The number of nitrogens with one attached hydrogen (secondary N) is 1. The minimum Gasteiger partial charge on any atom is -0.389 e. The van der Waals surface area contributed by atoms with Crippen molar-refractivity contribution >= 4 is 0 Å². The van der Waals surface area contributed by atoms with Crippen LogP contribution in [-0.4, -0.2) is 41.1 Å². The molecule has 1 unspecified atom stereocenters. The van der Waals surface area contributed by atoms with Crippen LogP contribution in [0.1, 0.15) is 38.4 Å². The molecule has 0 saturated heterocycles. The molecule has 0 aromatic carbocycles. The van der Waals surface area contributed by atoms with Crippen LogP contribution >= 0.6 is 0 Å². The molecule has 2 N–H and O–H groups in total. The van der Waals surface area contributed by atoms with Gasteiger partial charge in [0.15, 0.2) is 5.82 Å². The zero-order valence-electron chi connectivity index (χ0n) is 11.0. The van der Waals surface area contributed by atoms with E-state index in [1.165, 1.54) is 25.7 Å². The van der Waals surface area contributed by atoms with Crippen molar-refractivity contribution in [1.29, 1.82) is 0 Å². The highest BCUT2D eigenvalue weighted by Gasteiger charge is 2.04. The second-order valence-electron chi connectivity index (χ2n) is 4.27. The molecule has 1 rings (SSSR count). The first-order chi connectivity index (χ1) is 8.83. The third-order valence-corrected chi connectivity index (χ3v) is 2.52. The van der Waals surface area contributed by atoms with Gasteiger partial charge in [0.1, 0.15) is 0 Å². The fraction of sp³-hybridized carbons (Fsp3) is 0.833. The molecule has 0 amide bonds. The Labute approximate surface area is 108 Å². The molecule has 0 aliphatic heterocycles. The molecule has 0 saturated carbocycles. The maximum atomic E-state index is 9.63. The van der Waals surface area contributed by atoms with Crippen LogP contribution in [0.4, 0.5) is 0 Å². The Morgan fingerprint density at radius 1 is 1.44 bits per heavy atom. The molecule has 0 bridgehead atoms. The van der Waals surface area contributed by atoms with E-state index in [9.17, 15) is 5.11 Å². The molecular weight excluding hydrogens is 234 g/mol. The van der Waals surface area contributed by atoms with Crippen LogP contribution in [-0.2, 0) is 11.3 Å². The highest BCUT2D eigenvalue weighted by Crippen LogP contribution is 1.99. The van der Waals surface area contributed by atoms with Gasteiger partial charge in [-0.05, 0) is 6.42 Å². The molecule has 0 aliphatic carbocycles. The second kappa shape index (κ2) is 9.99. The SMILES string of the molecule is CCCCCCOCC(O)CNCc1ncon1. The molecule has 0 fully saturated rings. The number of aliphatic hydroxyl groups excluding tert-OH is 1. The number of nitrogens with zero attached hydrogens (tertiary/aromatic N) is 2. The molecule has 0 aliphatic rings. The van der Waals surface area contributed by atoms with Crippen molar-refractivity contribution in [1.82, 2.24) is 15.5 Å². The molecule has 1 aromatic rings. The summed E-state index contributed by atoms with van der Waals surface area (Å²) in [5.41, 5.74) is 0. The Balaban J connectivity index is 1.89. The van der Waals surface area contributed by atoms with E-state index in [1.807, 2.05) is 0 Å². The molecule has 1 atom stereocenters. The summed E-state index contributed by atoms with van der Waals surface area (Å²) in [5, 5.41) is 16.3. The highest BCUT2D eigenvalue weighted by molar-refractivity contribution is 4.76. The van der Waals surface area contributed by atoms with Crippen molar-refractivity contribution in [2.24, 2.45) is 0 Å². The van der Waals surface area contributed by atoms with Crippen LogP contribution < -0.4 is 5.32 Å². The second-order valence-corrected chi connectivity index (χ2v) is 4.27. The lowest BCUT2D eigenvalue weighted by molar-refractivity contribution is 0.0352. The third kappa shape index (κ3) is 7.37. The number of rotatable bonds is 11. The molecule has 104 valence electrons. The van der Waals surface area contributed by atoms with Gasteiger partial charge in [-0.1, -0.05) is 31.3 Å². The lowest BCUT2D eigenvalue weighted by atomic mass is 10.2. The first kappa shape index (κ1) is 15.1. The first-order valence-corrected chi connectivity index (χ1v) is 6.54. The summed E-state index contributed by atoms with van der Waals surface area (Å²) >= 11 is 0. The standard InChI is InChI=1S/C12H23N3O3/c1-2-3-4-5-6-17-9-11(16)7-13-8-12-14-10-18-15-12/h10-11,13,16H,2-9H2,1H3. The first-order valence-electron chi connectivity index (χ1n) is 6.54. The van der Waals surface area contributed by atoms with E-state index in [0.29, 0.717) is 25.5 Å². The molecular formula is C12H23N3O3. The van der Waals surface area contributed by atoms with E-state index in [4.69, 9.17) is 4.74 Å². The van der Waals surface area contributed by atoms with Crippen molar-refractivity contribution in [2.45, 2.75) is 45.3 Å². The third-order valence-electron chi connectivity index (χ3n) is 2.52. The van der Waals surface area contributed by atoms with Crippen LogP contribution in [0.5, 0.6) is 0 Å². The van der Waals surface area contributed by atoms with E-state index >= 15 is 0 Å². The topological polar surface area (TPSA) is 80.4 Å². The van der Waals surface area contributed by atoms with E-state index in [2.05, 4.69) is 26.9 Å². The van der Waals surface area contributed by atoms with Crippen LogP contribution in [0.15, 0.2) is 10.9 Å². The van der Waals surface area contributed by atoms with Crippen molar-refractivity contribution in [3.8, 4) is 0 Å². The van der Waals surface area contributed by atoms with Gasteiger partial charge in [0, 0.05) is 13.2 Å². The van der Waals surface area contributed by atoms with E-state index in [1.54, 1.807) is 0 Å². The lowest BCUT2D eigenvalue weighted by Gasteiger charge is -2.11. The number of hydrogen-bond donors (Lipinski definition) is 2. The fourth-order valence-electron chi connectivity index (χ4n) is 1.53. The van der Waals surface area contributed by atoms with Gasteiger partial charge in [-0.2, -0.15) is 4.98 Å². The average molecular weight is 257 g/mol. The Hall–Kier alpha value is -0.980. The smallest absolute Gasteiger partial charge is 0.213 e. The van der Waals surface area contributed by atoms with Gasteiger partial charge in [-0.3, -0.25) is 0 Å². The summed E-state index contributed by atoms with van der Waals surface area (Å²) in [4.78, 5) is 3.86. The van der Waals surface area contributed by atoms with E-state index in [-0.39, 0.29) is 0 Å². The zero-order chi connectivity index (χ0) is 13.1. The summed E-state index contributed by atoms with van der Waals surface area (Å²) < 4.78 is 9.99. The summed E-state index contributed by atoms with van der Waals surface area (Å²) in [7, 11) is 0.